The van der Waals surface area contributed by atoms with E-state index in [0.29, 0.717) is 23.5 Å². The van der Waals surface area contributed by atoms with Gasteiger partial charge in [0.2, 0.25) is 11.8 Å². The number of benzene rings is 3. The molecule has 3 aromatic rings. The number of anilines is 1. The molecule has 0 aliphatic carbocycles. The van der Waals surface area contributed by atoms with E-state index < -0.39 is 16.7 Å². The Morgan fingerprint density at radius 2 is 1.77 bits per heavy atom. The molecule has 0 bridgehead atoms. The summed E-state index contributed by atoms with van der Waals surface area (Å²) >= 11 is 3.40. The molecule has 0 spiro atoms. The second-order valence-corrected chi connectivity index (χ2v) is 8.49. The van der Waals surface area contributed by atoms with Crippen LogP contribution in [0.2, 0.25) is 0 Å². The lowest BCUT2D eigenvalue weighted by Gasteiger charge is -2.09. The molecule has 2 N–H and O–H groups in total. The summed E-state index contributed by atoms with van der Waals surface area (Å²) in [5.41, 5.74) is 4.64. The summed E-state index contributed by atoms with van der Waals surface area (Å²) in [5, 5.41) is 17.6. The lowest BCUT2D eigenvalue weighted by Crippen LogP contribution is -2.21. The fraction of sp³-hybridized carbons (Fsp3) is 0.160. The number of amides is 2. The Balaban J connectivity index is 1.49. The maximum absolute atomic E-state index is 12.2. The van der Waals surface area contributed by atoms with Crippen LogP contribution in [0.3, 0.4) is 0 Å². The van der Waals surface area contributed by atoms with Gasteiger partial charge in [0.15, 0.2) is 0 Å². The number of aryl methyl sites for hydroxylation is 1. The Morgan fingerprint density at radius 1 is 1.06 bits per heavy atom. The van der Waals surface area contributed by atoms with E-state index in [1.807, 2.05) is 36.4 Å². The molecule has 0 saturated heterocycles. The number of nitro groups is 1. The van der Waals surface area contributed by atoms with Crippen molar-refractivity contribution in [3.63, 3.8) is 0 Å². The average molecular weight is 539 g/mol. The highest BCUT2D eigenvalue weighted by atomic mass is 79.9. The molecular weight excluding hydrogens is 516 g/mol. The molecule has 9 nitrogen and oxygen atoms in total. The van der Waals surface area contributed by atoms with Crippen molar-refractivity contribution in [2.45, 2.75) is 26.4 Å². The Labute approximate surface area is 210 Å². The first-order chi connectivity index (χ1) is 16.8. The quantitative estimate of drug-likeness (QED) is 0.211. The Kier molecular flexibility index (Phi) is 9.08. The number of rotatable bonds is 10. The molecule has 0 aliphatic heterocycles. The smallest absolute Gasteiger partial charge is 0.293 e. The van der Waals surface area contributed by atoms with E-state index in [0.717, 1.165) is 10.0 Å². The lowest BCUT2D eigenvalue weighted by molar-refractivity contribution is -0.384. The van der Waals surface area contributed by atoms with Crippen LogP contribution in [-0.2, 0) is 16.2 Å². The zero-order chi connectivity index (χ0) is 25.2. The number of nitrogens with one attached hydrogen (secondary N) is 2. The average Bonchev–Trinajstić information content (AvgIpc) is 2.84. The van der Waals surface area contributed by atoms with Crippen molar-refractivity contribution in [3.8, 4) is 5.75 Å². The molecule has 0 unspecified atom stereocenters. The van der Waals surface area contributed by atoms with E-state index >= 15 is 0 Å². The molecule has 0 heterocycles. The molecule has 10 heteroatoms. The highest BCUT2D eigenvalue weighted by molar-refractivity contribution is 9.10. The Bertz CT molecular complexity index is 1240. The zero-order valence-corrected chi connectivity index (χ0v) is 20.4. The van der Waals surface area contributed by atoms with Crippen LogP contribution < -0.4 is 15.5 Å². The van der Waals surface area contributed by atoms with Crippen LogP contribution in [0.25, 0.3) is 0 Å². The maximum atomic E-state index is 12.2. The summed E-state index contributed by atoms with van der Waals surface area (Å²) in [5.74, 6) is -0.377. The standard InChI is InChI=1S/C25H23BrN4O5/c1-17-6-11-21(22(14-17)30(33)34)28-24(31)12-13-25(32)29-27-15-19-4-2-3-5-23(19)35-16-18-7-9-20(26)10-8-18/h2-11,14-15H,12-13,16H2,1H3,(H,28,31)(H,29,32). The first-order valence-corrected chi connectivity index (χ1v) is 11.4. The van der Waals surface area contributed by atoms with Gasteiger partial charge in [-0.3, -0.25) is 19.7 Å². The largest absolute Gasteiger partial charge is 0.488 e. The number of carbonyl (C=O) groups is 2. The summed E-state index contributed by atoms with van der Waals surface area (Å²) in [6.07, 6.45) is 1.17. The first-order valence-electron chi connectivity index (χ1n) is 10.6. The van der Waals surface area contributed by atoms with E-state index in [-0.39, 0.29) is 24.2 Å². The summed E-state index contributed by atoms with van der Waals surface area (Å²) in [7, 11) is 0. The van der Waals surface area contributed by atoms with Gasteiger partial charge in [0.1, 0.15) is 18.0 Å². The number of hydrazone groups is 1. The van der Waals surface area contributed by atoms with Crippen LogP contribution in [0, 0.1) is 17.0 Å². The molecule has 2 amide bonds. The van der Waals surface area contributed by atoms with Crippen molar-refractivity contribution in [2.75, 3.05) is 5.32 Å². The predicted octanol–water partition coefficient (Wildman–Crippen LogP) is 5.11. The fourth-order valence-corrected chi connectivity index (χ4v) is 3.29. The number of nitrogens with zero attached hydrogens (tertiary/aromatic N) is 2. The van der Waals surface area contributed by atoms with Crippen molar-refractivity contribution in [2.24, 2.45) is 5.10 Å². The van der Waals surface area contributed by atoms with Crippen molar-refractivity contribution in [1.82, 2.24) is 5.43 Å². The number of halogens is 1. The van der Waals surface area contributed by atoms with Gasteiger partial charge < -0.3 is 10.1 Å². The molecule has 0 aromatic heterocycles. The van der Waals surface area contributed by atoms with Crippen LogP contribution >= 0.6 is 15.9 Å². The molecule has 0 saturated carbocycles. The number of para-hydroxylation sites is 1. The molecule has 0 aliphatic rings. The van der Waals surface area contributed by atoms with Crippen LogP contribution in [0.15, 0.2) is 76.3 Å². The fourth-order valence-electron chi connectivity index (χ4n) is 3.03. The SMILES string of the molecule is Cc1ccc(NC(=O)CCC(=O)NN=Cc2ccccc2OCc2ccc(Br)cc2)c([N+](=O)[O-])c1. The van der Waals surface area contributed by atoms with Gasteiger partial charge in [-0.15, -0.1) is 0 Å². The Hall–Kier alpha value is -4.05. The Morgan fingerprint density at radius 3 is 2.51 bits per heavy atom. The number of hydrogen-bond acceptors (Lipinski definition) is 6. The van der Waals surface area contributed by atoms with Gasteiger partial charge in [-0.25, -0.2) is 5.43 Å². The summed E-state index contributed by atoms with van der Waals surface area (Å²) < 4.78 is 6.85. The van der Waals surface area contributed by atoms with E-state index in [1.54, 1.807) is 25.1 Å². The van der Waals surface area contributed by atoms with Crippen molar-refractivity contribution in [1.29, 1.82) is 0 Å². The third kappa shape index (κ3) is 8.04. The normalized spacial score (nSPS) is 10.7. The lowest BCUT2D eigenvalue weighted by atomic mass is 10.2. The number of hydrogen-bond donors (Lipinski definition) is 2. The van der Waals surface area contributed by atoms with Crippen LogP contribution in [0.5, 0.6) is 5.75 Å². The second-order valence-electron chi connectivity index (χ2n) is 7.57. The maximum Gasteiger partial charge on any atom is 0.293 e. The van der Waals surface area contributed by atoms with E-state index in [9.17, 15) is 19.7 Å². The van der Waals surface area contributed by atoms with Gasteiger partial charge in [-0.05, 0) is 48.4 Å². The van der Waals surface area contributed by atoms with Gasteiger partial charge >= 0.3 is 0 Å². The summed E-state index contributed by atoms with van der Waals surface area (Å²) in [4.78, 5) is 34.8. The number of carbonyl (C=O) groups excluding carboxylic acids is 2. The van der Waals surface area contributed by atoms with E-state index in [4.69, 9.17) is 4.74 Å². The van der Waals surface area contributed by atoms with Crippen LogP contribution in [-0.4, -0.2) is 23.0 Å². The molecule has 35 heavy (non-hydrogen) atoms. The van der Waals surface area contributed by atoms with Crippen molar-refractivity contribution < 1.29 is 19.2 Å². The number of ether oxygens (including phenoxy) is 1. The van der Waals surface area contributed by atoms with Gasteiger partial charge in [-0.1, -0.05) is 46.3 Å². The molecule has 0 atom stereocenters. The van der Waals surface area contributed by atoms with Crippen LogP contribution in [0.1, 0.15) is 29.5 Å². The molecular formula is C25H23BrN4O5. The highest BCUT2D eigenvalue weighted by Crippen LogP contribution is 2.25. The highest BCUT2D eigenvalue weighted by Gasteiger charge is 2.16. The van der Waals surface area contributed by atoms with Crippen molar-refractivity contribution in [3.05, 3.63) is 98.0 Å². The minimum Gasteiger partial charge on any atom is -0.488 e. The zero-order valence-electron chi connectivity index (χ0n) is 18.9. The third-order valence-corrected chi connectivity index (χ3v) is 5.35. The van der Waals surface area contributed by atoms with Crippen molar-refractivity contribution >= 4 is 45.3 Å². The van der Waals surface area contributed by atoms with Gasteiger partial charge in [0.25, 0.3) is 5.69 Å². The minimum absolute atomic E-state index is 0.0868. The molecule has 0 fully saturated rings. The molecule has 3 rings (SSSR count). The summed E-state index contributed by atoms with van der Waals surface area (Å²) in [6, 6.07) is 19.5. The van der Waals surface area contributed by atoms with Gasteiger partial charge in [0, 0.05) is 28.9 Å². The minimum atomic E-state index is -0.565. The summed E-state index contributed by atoms with van der Waals surface area (Å²) in [6.45, 7) is 2.09. The third-order valence-electron chi connectivity index (χ3n) is 4.82. The molecule has 180 valence electrons. The van der Waals surface area contributed by atoms with Crippen LogP contribution in [0.4, 0.5) is 11.4 Å². The topological polar surface area (TPSA) is 123 Å². The second kappa shape index (κ2) is 12.4. The molecule has 3 aromatic carbocycles. The molecule has 0 radical (unpaired) electrons. The monoisotopic (exact) mass is 538 g/mol. The van der Waals surface area contributed by atoms with Gasteiger partial charge in [-0.2, -0.15) is 5.10 Å². The predicted molar refractivity (Wildman–Crippen MR) is 136 cm³/mol. The first kappa shape index (κ1) is 25.6. The number of nitro benzene ring substituents is 1. The van der Waals surface area contributed by atoms with E-state index in [2.05, 4.69) is 31.8 Å². The van der Waals surface area contributed by atoms with Gasteiger partial charge in [0.05, 0.1) is 11.1 Å². The van der Waals surface area contributed by atoms with E-state index in [1.165, 1.54) is 18.3 Å².